The molecule has 20 heavy (non-hydrogen) atoms. The first kappa shape index (κ1) is 14.9. The predicted molar refractivity (Wildman–Crippen MR) is 81.6 cm³/mol. The van der Waals surface area contributed by atoms with Gasteiger partial charge >= 0.3 is 0 Å². The Kier molecular flexibility index (Phi) is 5.01. The van der Waals surface area contributed by atoms with Gasteiger partial charge in [-0.05, 0) is 56.9 Å². The lowest BCUT2D eigenvalue weighted by molar-refractivity contribution is -0.121. The van der Waals surface area contributed by atoms with Crippen LogP contribution < -0.4 is 10.6 Å². The number of amides is 1. The first-order valence-electron chi connectivity index (χ1n) is 7.41. The van der Waals surface area contributed by atoms with Gasteiger partial charge in [-0.1, -0.05) is 0 Å². The van der Waals surface area contributed by atoms with E-state index in [1.54, 1.807) is 0 Å². The minimum Gasteiger partial charge on any atom is -0.399 e. The van der Waals surface area contributed by atoms with Crippen LogP contribution in [0.25, 0.3) is 0 Å². The van der Waals surface area contributed by atoms with E-state index >= 15 is 0 Å². The standard InChI is InChI=1S/C16H24N2O2/c1-3-18(14-7-5-13(17)6-8-14)16(19)11-12-9-15(10-12)20-4-2/h5-8,12,15H,3-4,9-11,17H2,1-2H3. The highest BCUT2D eigenvalue weighted by atomic mass is 16.5. The largest absolute Gasteiger partial charge is 0.399 e. The Morgan fingerprint density at radius 1 is 1.30 bits per heavy atom. The molecule has 2 N–H and O–H groups in total. The second-order valence-corrected chi connectivity index (χ2v) is 5.35. The molecule has 0 heterocycles. The van der Waals surface area contributed by atoms with Crippen molar-refractivity contribution in [2.24, 2.45) is 5.92 Å². The summed E-state index contributed by atoms with van der Waals surface area (Å²) in [5, 5.41) is 0. The molecule has 0 aliphatic heterocycles. The number of ether oxygens (including phenoxy) is 1. The van der Waals surface area contributed by atoms with Crippen molar-refractivity contribution in [2.75, 3.05) is 23.8 Å². The molecule has 1 aromatic carbocycles. The number of anilines is 2. The summed E-state index contributed by atoms with van der Waals surface area (Å²) in [6.45, 7) is 5.46. The SMILES string of the molecule is CCOC1CC(CC(=O)N(CC)c2ccc(N)cc2)C1. The lowest BCUT2D eigenvalue weighted by Crippen LogP contribution is -2.38. The number of carbonyl (C=O) groups is 1. The zero-order valence-electron chi connectivity index (χ0n) is 12.3. The predicted octanol–water partition coefficient (Wildman–Crippen LogP) is 2.83. The van der Waals surface area contributed by atoms with Gasteiger partial charge in [0.15, 0.2) is 0 Å². The van der Waals surface area contributed by atoms with Crippen molar-refractivity contribution in [3.8, 4) is 0 Å². The number of rotatable bonds is 6. The Morgan fingerprint density at radius 3 is 2.50 bits per heavy atom. The van der Waals surface area contributed by atoms with Gasteiger partial charge in [-0.15, -0.1) is 0 Å². The Labute approximate surface area is 120 Å². The monoisotopic (exact) mass is 276 g/mol. The molecule has 4 heteroatoms. The third-order valence-corrected chi connectivity index (χ3v) is 3.88. The first-order chi connectivity index (χ1) is 9.63. The molecule has 0 radical (unpaired) electrons. The molecule has 0 bridgehead atoms. The van der Waals surface area contributed by atoms with Crippen LogP contribution in [-0.2, 0) is 9.53 Å². The van der Waals surface area contributed by atoms with Gasteiger partial charge in [-0.3, -0.25) is 4.79 Å². The van der Waals surface area contributed by atoms with E-state index in [1.807, 2.05) is 43.0 Å². The highest BCUT2D eigenvalue weighted by Gasteiger charge is 2.32. The number of hydrogen-bond acceptors (Lipinski definition) is 3. The minimum atomic E-state index is 0.192. The van der Waals surface area contributed by atoms with Crippen LogP contribution in [0.15, 0.2) is 24.3 Å². The summed E-state index contributed by atoms with van der Waals surface area (Å²) in [7, 11) is 0. The van der Waals surface area contributed by atoms with E-state index in [0.717, 1.165) is 30.8 Å². The van der Waals surface area contributed by atoms with Crippen molar-refractivity contribution in [1.29, 1.82) is 0 Å². The average Bonchev–Trinajstić information content (AvgIpc) is 2.39. The number of benzene rings is 1. The van der Waals surface area contributed by atoms with Gasteiger partial charge < -0.3 is 15.4 Å². The molecule has 1 saturated carbocycles. The fourth-order valence-corrected chi connectivity index (χ4v) is 2.73. The van der Waals surface area contributed by atoms with Crippen LogP contribution in [0.1, 0.15) is 33.1 Å². The van der Waals surface area contributed by atoms with E-state index in [-0.39, 0.29) is 5.91 Å². The van der Waals surface area contributed by atoms with Gasteiger partial charge in [-0.2, -0.15) is 0 Å². The molecular formula is C16H24N2O2. The van der Waals surface area contributed by atoms with E-state index in [2.05, 4.69) is 0 Å². The van der Waals surface area contributed by atoms with Gasteiger partial charge in [0.2, 0.25) is 5.91 Å². The van der Waals surface area contributed by atoms with Gasteiger partial charge in [0.1, 0.15) is 0 Å². The Hall–Kier alpha value is -1.55. The summed E-state index contributed by atoms with van der Waals surface area (Å²) in [6.07, 6.45) is 3.00. The van der Waals surface area contributed by atoms with Gasteiger partial charge in [-0.25, -0.2) is 0 Å². The molecule has 1 aliphatic carbocycles. The maximum atomic E-state index is 12.4. The minimum absolute atomic E-state index is 0.192. The second-order valence-electron chi connectivity index (χ2n) is 5.35. The molecule has 0 unspecified atom stereocenters. The summed E-state index contributed by atoms with van der Waals surface area (Å²) in [6, 6.07) is 7.47. The third-order valence-electron chi connectivity index (χ3n) is 3.88. The molecule has 110 valence electrons. The van der Waals surface area contributed by atoms with Crippen LogP contribution in [0, 0.1) is 5.92 Å². The highest BCUT2D eigenvalue weighted by Crippen LogP contribution is 2.33. The summed E-state index contributed by atoms with van der Waals surface area (Å²) < 4.78 is 5.54. The second kappa shape index (κ2) is 6.75. The summed E-state index contributed by atoms with van der Waals surface area (Å²) >= 11 is 0. The fourth-order valence-electron chi connectivity index (χ4n) is 2.73. The maximum absolute atomic E-state index is 12.4. The number of nitrogens with zero attached hydrogens (tertiary/aromatic N) is 1. The maximum Gasteiger partial charge on any atom is 0.227 e. The number of nitrogens with two attached hydrogens (primary N) is 1. The van der Waals surface area contributed by atoms with Crippen molar-refractivity contribution >= 4 is 17.3 Å². The van der Waals surface area contributed by atoms with Gasteiger partial charge in [0, 0.05) is 30.9 Å². The van der Waals surface area contributed by atoms with E-state index in [0.29, 0.717) is 25.0 Å². The van der Waals surface area contributed by atoms with E-state index in [4.69, 9.17) is 10.5 Å². The van der Waals surface area contributed by atoms with Crippen molar-refractivity contribution < 1.29 is 9.53 Å². The topological polar surface area (TPSA) is 55.6 Å². The zero-order chi connectivity index (χ0) is 14.5. The Morgan fingerprint density at radius 2 is 1.95 bits per heavy atom. The number of nitrogen functional groups attached to an aromatic ring is 1. The lowest BCUT2D eigenvalue weighted by atomic mass is 9.79. The van der Waals surface area contributed by atoms with Crippen molar-refractivity contribution in [2.45, 2.75) is 39.2 Å². The van der Waals surface area contributed by atoms with Crippen molar-refractivity contribution in [3.05, 3.63) is 24.3 Å². The van der Waals surface area contributed by atoms with Crippen molar-refractivity contribution in [3.63, 3.8) is 0 Å². The van der Waals surface area contributed by atoms with Crippen LogP contribution in [-0.4, -0.2) is 25.2 Å². The third kappa shape index (κ3) is 3.51. The summed E-state index contributed by atoms with van der Waals surface area (Å²) in [5.74, 6) is 0.666. The quantitative estimate of drug-likeness (QED) is 0.813. The van der Waals surface area contributed by atoms with Gasteiger partial charge in [0.25, 0.3) is 0 Å². The molecule has 1 fully saturated rings. The molecule has 0 spiro atoms. The average molecular weight is 276 g/mol. The van der Waals surface area contributed by atoms with Crippen LogP contribution in [0.2, 0.25) is 0 Å². The van der Waals surface area contributed by atoms with Crippen LogP contribution >= 0.6 is 0 Å². The summed E-state index contributed by atoms with van der Waals surface area (Å²) in [4.78, 5) is 14.2. The highest BCUT2D eigenvalue weighted by molar-refractivity contribution is 5.93. The molecule has 0 saturated heterocycles. The van der Waals surface area contributed by atoms with E-state index < -0.39 is 0 Å². The lowest BCUT2D eigenvalue weighted by Gasteiger charge is -2.35. The molecule has 1 aromatic rings. The fraction of sp³-hybridized carbons (Fsp3) is 0.562. The molecule has 0 atom stereocenters. The Bertz CT molecular complexity index is 438. The van der Waals surface area contributed by atoms with Crippen molar-refractivity contribution in [1.82, 2.24) is 0 Å². The Balaban J connectivity index is 1.88. The molecule has 0 aromatic heterocycles. The van der Waals surface area contributed by atoms with Crippen LogP contribution in [0.3, 0.4) is 0 Å². The molecule has 2 rings (SSSR count). The number of carbonyl (C=O) groups excluding carboxylic acids is 1. The zero-order valence-corrected chi connectivity index (χ0v) is 12.3. The molecule has 1 aliphatic rings. The van der Waals surface area contributed by atoms with E-state index in [9.17, 15) is 4.79 Å². The van der Waals surface area contributed by atoms with Crippen LogP contribution in [0.5, 0.6) is 0 Å². The molecular weight excluding hydrogens is 252 g/mol. The van der Waals surface area contributed by atoms with E-state index in [1.165, 1.54) is 0 Å². The first-order valence-corrected chi connectivity index (χ1v) is 7.41. The van der Waals surface area contributed by atoms with Crippen LogP contribution in [0.4, 0.5) is 11.4 Å². The summed E-state index contributed by atoms with van der Waals surface area (Å²) in [5.41, 5.74) is 7.32. The molecule has 1 amide bonds. The number of hydrogen-bond donors (Lipinski definition) is 1. The molecule has 4 nitrogen and oxygen atoms in total. The normalized spacial score (nSPS) is 21.3. The van der Waals surface area contributed by atoms with Gasteiger partial charge in [0.05, 0.1) is 6.10 Å². The smallest absolute Gasteiger partial charge is 0.227 e.